The normalized spacial score (nSPS) is 18.0. The fraction of sp³-hybridized carbons (Fsp3) is 0.750. The second-order valence-corrected chi connectivity index (χ2v) is 1.16. The highest BCUT2D eigenvalue weighted by molar-refractivity contribution is 4.42. The smallest absolute Gasteiger partial charge is 0.229 e. The molecule has 0 amide bonds. The Morgan fingerprint density at radius 2 is 2.25 bits per heavy atom. The molecule has 0 aliphatic carbocycles. The topological polar surface area (TPSA) is 29.5 Å². The Hall–Kier alpha value is -0.220. The van der Waals surface area contributed by atoms with Crippen molar-refractivity contribution in [2.45, 2.75) is 12.6 Å². The SMILES string of the molecule is [CH2]C(O)OC(F)CF. The van der Waals surface area contributed by atoms with Gasteiger partial charge in [0.25, 0.3) is 0 Å². The fourth-order valence-electron chi connectivity index (χ4n) is 0.207. The largest absolute Gasteiger partial charge is 0.368 e. The first kappa shape index (κ1) is 7.78. The summed E-state index contributed by atoms with van der Waals surface area (Å²) in [5, 5.41) is 8.11. The lowest BCUT2D eigenvalue weighted by Crippen LogP contribution is -2.16. The van der Waals surface area contributed by atoms with Crippen LogP contribution in [0, 0.1) is 6.92 Å². The standard InChI is InChI=1S/C4H7F2O2/c1-3(7)8-4(6)2-5/h3-4,7H,1-2H2. The Labute approximate surface area is 46.1 Å². The van der Waals surface area contributed by atoms with Crippen LogP contribution in [0.15, 0.2) is 0 Å². The van der Waals surface area contributed by atoms with Gasteiger partial charge in [-0.15, -0.1) is 0 Å². The summed E-state index contributed by atoms with van der Waals surface area (Å²) >= 11 is 0. The third kappa shape index (κ3) is 3.95. The molecule has 0 aromatic carbocycles. The van der Waals surface area contributed by atoms with Crippen LogP contribution in [0.25, 0.3) is 0 Å². The Morgan fingerprint density at radius 1 is 1.75 bits per heavy atom. The third-order valence-corrected chi connectivity index (χ3v) is 0.426. The Balaban J connectivity index is 3.10. The minimum Gasteiger partial charge on any atom is -0.368 e. The van der Waals surface area contributed by atoms with Gasteiger partial charge < -0.3 is 9.84 Å². The molecule has 0 saturated carbocycles. The van der Waals surface area contributed by atoms with Gasteiger partial charge in [-0.1, -0.05) is 0 Å². The van der Waals surface area contributed by atoms with E-state index in [-0.39, 0.29) is 0 Å². The summed E-state index contributed by atoms with van der Waals surface area (Å²) in [6, 6.07) is 0. The highest BCUT2D eigenvalue weighted by Crippen LogP contribution is 1.96. The molecule has 2 nitrogen and oxygen atoms in total. The van der Waals surface area contributed by atoms with E-state index in [9.17, 15) is 8.78 Å². The molecule has 0 bridgehead atoms. The molecule has 0 saturated heterocycles. The number of ether oxygens (including phenoxy) is 1. The molecule has 0 heterocycles. The lowest BCUT2D eigenvalue weighted by Gasteiger charge is -2.06. The van der Waals surface area contributed by atoms with Crippen molar-refractivity contribution in [2.24, 2.45) is 0 Å². The highest BCUT2D eigenvalue weighted by atomic mass is 19.2. The van der Waals surface area contributed by atoms with Crippen molar-refractivity contribution in [3.8, 4) is 0 Å². The van der Waals surface area contributed by atoms with Gasteiger partial charge in [0, 0.05) is 6.92 Å². The summed E-state index contributed by atoms with van der Waals surface area (Å²) in [4.78, 5) is 0. The summed E-state index contributed by atoms with van der Waals surface area (Å²) in [6.45, 7) is 1.60. The number of hydrogen-bond donors (Lipinski definition) is 1. The van der Waals surface area contributed by atoms with Crippen molar-refractivity contribution in [1.29, 1.82) is 0 Å². The molecule has 1 radical (unpaired) electrons. The molecule has 0 aliphatic heterocycles. The zero-order chi connectivity index (χ0) is 6.57. The van der Waals surface area contributed by atoms with E-state index in [1.165, 1.54) is 0 Å². The van der Waals surface area contributed by atoms with E-state index in [2.05, 4.69) is 11.7 Å². The molecule has 1 N–H and O–H groups in total. The molecule has 2 unspecified atom stereocenters. The molecule has 0 rings (SSSR count). The van der Waals surface area contributed by atoms with Crippen LogP contribution < -0.4 is 0 Å². The fourth-order valence-corrected chi connectivity index (χ4v) is 0.207. The molecular formula is C4H7F2O2. The highest BCUT2D eigenvalue weighted by Gasteiger charge is 2.07. The van der Waals surface area contributed by atoms with Gasteiger partial charge in [-0.25, -0.2) is 8.78 Å². The first-order valence-corrected chi connectivity index (χ1v) is 2.03. The van der Waals surface area contributed by atoms with Crippen molar-refractivity contribution >= 4 is 0 Å². The van der Waals surface area contributed by atoms with Crippen LogP contribution >= 0.6 is 0 Å². The summed E-state index contributed by atoms with van der Waals surface area (Å²) < 4.78 is 26.5. The minimum absolute atomic E-state index is 1.26. The first-order valence-electron chi connectivity index (χ1n) is 2.03. The average Bonchev–Trinajstić information content (AvgIpc) is 1.65. The molecule has 0 aromatic rings. The summed E-state index contributed by atoms with van der Waals surface area (Å²) in [6.07, 6.45) is -3.54. The van der Waals surface area contributed by atoms with Crippen LogP contribution in [0.2, 0.25) is 0 Å². The predicted molar refractivity (Wildman–Crippen MR) is 23.3 cm³/mol. The molecule has 49 valence electrons. The zero-order valence-corrected chi connectivity index (χ0v) is 4.18. The first-order chi connectivity index (χ1) is 3.66. The molecule has 4 heteroatoms. The van der Waals surface area contributed by atoms with Gasteiger partial charge in [-0.3, -0.25) is 0 Å². The van der Waals surface area contributed by atoms with Gasteiger partial charge in [-0.2, -0.15) is 0 Å². The van der Waals surface area contributed by atoms with E-state index >= 15 is 0 Å². The van der Waals surface area contributed by atoms with E-state index in [4.69, 9.17) is 5.11 Å². The quantitative estimate of drug-likeness (QED) is 0.554. The molecule has 0 fully saturated rings. The number of halogens is 2. The monoisotopic (exact) mass is 125 g/mol. The minimum atomic E-state index is -2.05. The number of hydrogen-bond acceptors (Lipinski definition) is 2. The van der Waals surface area contributed by atoms with E-state index in [0.717, 1.165) is 0 Å². The lowest BCUT2D eigenvalue weighted by atomic mass is 10.7. The van der Waals surface area contributed by atoms with Crippen molar-refractivity contribution in [3.05, 3.63) is 6.92 Å². The Bertz CT molecular complexity index is 58.0. The number of aliphatic hydroxyl groups excluding tert-OH is 1. The van der Waals surface area contributed by atoms with Gasteiger partial charge >= 0.3 is 0 Å². The van der Waals surface area contributed by atoms with Gasteiger partial charge in [0.1, 0.15) is 6.67 Å². The van der Waals surface area contributed by atoms with Crippen LogP contribution in [0.4, 0.5) is 8.78 Å². The average molecular weight is 125 g/mol. The summed E-state index contributed by atoms with van der Waals surface area (Å²) in [7, 11) is 0. The van der Waals surface area contributed by atoms with Gasteiger partial charge in [-0.05, 0) is 0 Å². The van der Waals surface area contributed by atoms with Crippen molar-refractivity contribution in [2.75, 3.05) is 6.67 Å². The van der Waals surface area contributed by atoms with Gasteiger partial charge in [0.15, 0.2) is 6.29 Å². The summed E-state index contributed by atoms with van der Waals surface area (Å²) in [5.41, 5.74) is 0. The Morgan fingerprint density at radius 3 is 2.38 bits per heavy atom. The maximum absolute atomic E-state index is 11.6. The number of aliphatic hydroxyl groups is 1. The van der Waals surface area contributed by atoms with Crippen LogP contribution in [-0.2, 0) is 4.74 Å². The molecule has 0 spiro atoms. The lowest BCUT2D eigenvalue weighted by molar-refractivity contribution is -0.159. The zero-order valence-electron chi connectivity index (χ0n) is 4.18. The molecule has 0 aromatic heterocycles. The van der Waals surface area contributed by atoms with E-state index in [1.807, 2.05) is 0 Å². The second-order valence-electron chi connectivity index (χ2n) is 1.16. The molecule has 2 atom stereocenters. The van der Waals surface area contributed by atoms with Crippen molar-refractivity contribution in [1.82, 2.24) is 0 Å². The molecule has 0 aliphatic rings. The maximum atomic E-state index is 11.6. The Kier molecular flexibility index (Phi) is 3.64. The van der Waals surface area contributed by atoms with E-state index < -0.39 is 19.3 Å². The van der Waals surface area contributed by atoms with Crippen LogP contribution in [0.5, 0.6) is 0 Å². The van der Waals surface area contributed by atoms with Crippen LogP contribution in [-0.4, -0.2) is 24.4 Å². The van der Waals surface area contributed by atoms with Gasteiger partial charge in [0.05, 0.1) is 0 Å². The number of rotatable bonds is 3. The molecular weight excluding hydrogens is 118 g/mol. The van der Waals surface area contributed by atoms with Crippen molar-refractivity contribution < 1.29 is 18.6 Å². The van der Waals surface area contributed by atoms with Crippen LogP contribution in [0.3, 0.4) is 0 Å². The second kappa shape index (κ2) is 3.74. The van der Waals surface area contributed by atoms with Crippen LogP contribution in [0.1, 0.15) is 0 Å². The van der Waals surface area contributed by atoms with Crippen molar-refractivity contribution in [3.63, 3.8) is 0 Å². The maximum Gasteiger partial charge on any atom is 0.229 e. The van der Waals surface area contributed by atoms with E-state index in [1.54, 1.807) is 0 Å². The summed E-state index contributed by atoms with van der Waals surface area (Å²) in [5.74, 6) is 0. The third-order valence-electron chi connectivity index (χ3n) is 0.426. The van der Waals surface area contributed by atoms with Gasteiger partial charge in [0.2, 0.25) is 6.36 Å². The predicted octanol–water partition coefficient (Wildman–Crippen LogP) is 0.421. The van der Waals surface area contributed by atoms with E-state index in [0.29, 0.717) is 0 Å². The molecule has 8 heavy (non-hydrogen) atoms. The number of alkyl halides is 2.